The second-order valence-electron chi connectivity index (χ2n) is 13.2. The van der Waals surface area contributed by atoms with E-state index >= 15 is 0 Å². The summed E-state index contributed by atoms with van der Waals surface area (Å²) in [6.45, 7) is 1.43. The molecule has 4 heterocycles. The third kappa shape index (κ3) is 11.1. The number of amides is 2. The number of hydrogen-bond acceptors (Lipinski definition) is 14. The normalized spacial score (nSPS) is 17.4. The second kappa shape index (κ2) is 18.6. The minimum atomic E-state index is -3.73. The van der Waals surface area contributed by atoms with Gasteiger partial charge in [0, 0.05) is 70.6 Å². The molecule has 0 saturated carbocycles. The second-order valence-corrected chi connectivity index (χ2v) is 21.5. The zero-order valence-corrected chi connectivity index (χ0v) is 36.3. The molecule has 0 radical (unpaired) electrons. The lowest BCUT2D eigenvalue weighted by molar-refractivity contribution is -0.122. The first-order valence-electron chi connectivity index (χ1n) is 17.6. The van der Waals surface area contributed by atoms with E-state index in [9.17, 15) is 34.8 Å². The van der Waals surface area contributed by atoms with Crippen LogP contribution < -0.4 is 15.1 Å². The van der Waals surface area contributed by atoms with E-state index in [0.29, 0.717) is 63.9 Å². The summed E-state index contributed by atoms with van der Waals surface area (Å²) >= 11 is 15.0. The zero-order valence-electron chi connectivity index (χ0n) is 30.7. The largest absolute Gasteiger partial charge is 0.311 e. The molecule has 14 nitrogen and oxygen atoms in total. The average Bonchev–Trinajstić information content (AvgIpc) is 4.00. The number of anilines is 2. The zero-order chi connectivity index (χ0) is 41.7. The van der Waals surface area contributed by atoms with Gasteiger partial charge < -0.3 is 15.1 Å². The van der Waals surface area contributed by atoms with Gasteiger partial charge in [-0.2, -0.15) is 8.42 Å². The Bertz CT molecular complexity index is 2540. The minimum Gasteiger partial charge on any atom is -0.311 e. The van der Waals surface area contributed by atoms with E-state index in [1.165, 1.54) is 51.8 Å². The van der Waals surface area contributed by atoms with Crippen LogP contribution in [0.1, 0.15) is 28.4 Å². The Labute approximate surface area is 354 Å². The number of sulfone groups is 2. The predicted molar refractivity (Wildman–Crippen MR) is 225 cm³/mol. The fourth-order valence-corrected chi connectivity index (χ4v) is 12.0. The molecular formula is C37H37Cl2N5O9S5. The van der Waals surface area contributed by atoms with Gasteiger partial charge in [0.25, 0.3) is 16.0 Å². The third-order valence-corrected chi connectivity index (χ3v) is 15.6. The molecule has 2 fully saturated rings. The molecule has 0 bridgehead atoms. The van der Waals surface area contributed by atoms with E-state index in [0.717, 1.165) is 11.8 Å². The summed E-state index contributed by atoms with van der Waals surface area (Å²) in [7, 11) is -10.7. The van der Waals surface area contributed by atoms with E-state index in [1.807, 2.05) is 0 Å². The fraction of sp³-hybridized carbons (Fsp3) is 0.297. The Morgan fingerprint density at radius 1 is 0.724 bits per heavy atom. The molecule has 2 saturated heterocycles. The van der Waals surface area contributed by atoms with Gasteiger partial charge in [-0.25, -0.2) is 26.8 Å². The fourth-order valence-electron chi connectivity index (χ4n) is 6.29. The van der Waals surface area contributed by atoms with Crippen molar-refractivity contribution in [1.82, 2.24) is 15.3 Å². The number of halogens is 2. The predicted octanol–water partition coefficient (Wildman–Crippen LogP) is 5.56. The highest BCUT2D eigenvalue weighted by atomic mass is 35.5. The summed E-state index contributed by atoms with van der Waals surface area (Å²) in [6, 6.07) is 17.4. The number of thiazole rings is 2. The van der Waals surface area contributed by atoms with Crippen LogP contribution in [0.25, 0.3) is 0 Å². The molecule has 21 heteroatoms. The maximum absolute atomic E-state index is 12.9. The van der Waals surface area contributed by atoms with Gasteiger partial charge in [-0.05, 0) is 79.1 Å². The van der Waals surface area contributed by atoms with E-state index < -0.39 is 41.8 Å². The van der Waals surface area contributed by atoms with Crippen molar-refractivity contribution >= 4 is 98.9 Å². The Morgan fingerprint density at radius 2 is 1.21 bits per heavy atom. The number of carbonyl (C=O) groups excluding carboxylic acids is 2. The van der Waals surface area contributed by atoms with Gasteiger partial charge in [-0.15, -0.1) is 22.7 Å². The van der Waals surface area contributed by atoms with E-state index in [-0.39, 0.29) is 39.7 Å². The smallest absolute Gasteiger partial charge is 0.265 e. The molecule has 1 N–H and O–H groups in total. The topological polar surface area (TPSA) is 190 Å². The summed E-state index contributed by atoms with van der Waals surface area (Å²) in [5.74, 6) is -0.812. The van der Waals surface area contributed by atoms with Crippen molar-refractivity contribution in [3.63, 3.8) is 0 Å². The summed E-state index contributed by atoms with van der Waals surface area (Å²) < 4.78 is 77.2. The number of rotatable bonds is 14. The maximum Gasteiger partial charge on any atom is 0.265 e. The third-order valence-electron chi connectivity index (χ3n) is 9.09. The van der Waals surface area contributed by atoms with Gasteiger partial charge in [0.05, 0.1) is 22.1 Å². The quantitative estimate of drug-likeness (QED) is 0.137. The van der Waals surface area contributed by atoms with Gasteiger partial charge >= 0.3 is 0 Å². The molecule has 5 aromatic rings. The molecule has 1 unspecified atom stereocenters. The van der Waals surface area contributed by atoms with Gasteiger partial charge in [-0.3, -0.25) is 13.8 Å². The molecule has 308 valence electrons. The van der Waals surface area contributed by atoms with Crippen molar-refractivity contribution in [3.8, 4) is 0 Å². The molecule has 0 spiro atoms. The van der Waals surface area contributed by atoms with Crippen LogP contribution in [-0.4, -0.2) is 85.1 Å². The lowest BCUT2D eigenvalue weighted by Crippen LogP contribution is -2.39. The minimum absolute atomic E-state index is 0.0337. The first kappa shape index (κ1) is 43.8. The molecule has 0 aliphatic carbocycles. The molecule has 2 amide bonds. The molecule has 7 rings (SSSR count). The Balaban J connectivity index is 0.000000200. The Kier molecular flexibility index (Phi) is 14.1. The van der Waals surface area contributed by atoms with E-state index in [1.54, 1.807) is 70.5 Å². The van der Waals surface area contributed by atoms with Crippen molar-refractivity contribution in [3.05, 3.63) is 116 Å². The SMILES string of the molecule is CS(=O)(=O)O[C@@H]1CCN(c2ccc(S(=O)(=O)Cc3nccs3)cc2)C1=O.O=C1C(NCCc2c(Cl)cccc2Cl)CCN1c1ccc(S(=O)(=O)Cc2nccs2)cc1. The van der Waals surface area contributed by atoms with Crippen molar-refractivity contribution in [1.29, 1.82) is 0 Å². The highest BCUT2D eigenvalue weighted by Crippen LogP contribution is 2.29. The van der Waals surface area contributed by atoms with Gasteiger partial charge in [0.2, 0.25) is 5.91 Å². The van der Waals surface area contributed by atoms with Gasteiger partial charge in [-0.1, -0.05) is 29.3 Å². The lowest BCUT2D eigenvalue weighted by atomic mass is 10.1. The van der Waals surface area contributed by atoms with Crippen LogP contribution >= 0.6 is 45.9 Å². The van der Waals surface area contributed by atoms with Crippen LogP contribution in [0.5, 0.6) is 0 Å². The monoisotopic (exact) mass is 925 g/mol. The van der Waals surface area contributed by atoms with E-state index in [4.69, 9.17) is 27.4 Å². The summed E-state index contributed by atoms with van der Waals surface area (Å²) in [5.41, 5.74) is 2.03. The van der Waals surface area contributed by atoms with Crippen molar-refractivity contribution in [2.45, 2.75) is 52.7 Å². The molecule has 58 heavy (non-hydrogen) atoms. The number of benzene rings is 3. The maximum atomic E-state index is 12.9. The molecule has 3 aromatic carbocycles. The van der Waals surface area contributed by atoms with Crippen molar-refractivity contribution in [2.24, 2.45) is 0 Å². The van der Waals surface area contributed by atoms with Crippen LogP contribution in [0.2, 0.25) is 10.0 Å². The number of aromatic nitrogens is 2. The van der Waals surface area contributed by atoms with E-state index in [2.05, 4.69) is 15.3 Å². The summed E-state index contributed by atoms with van der Waals surface area (Å²) in [6.07, 6.45) is 4.52. The van der Waals surface area contributed by atoms with Gasteiger partial charge in [0.1, 0.15) is 21.5 Å². The first-order valence-corrected chi connectivity index (χ1v) is 25.2. The highest BCUT2D eigenvalue weighted by Gasteiger charge is 2.36. The molecular weight excluding hydrogens is 890 g/mol. The number of nitrogens with one attached hydrogen (secondary N) is 1. The van der Waals surface area contributed by atoms with Crippen LogP contribution in [0.4, 0.5) is 11.4 Å². The average molecular weight is 927 g/mol. The van der Waals surface area contributed by atoms with Gasteiger partial charge in [0.15, 0.2) is 25.8 Å². The Morgan fingerprint density at radius 3 is 1.67 bits per heavy atom. The lowest BCUT2D eigenvalue weighted by Gasteiger charge is -2.18. The number of carbonyl (C=O) groups is 2. The standard InChI is InChI=1S/C22H21Cl2N3O3S2.C15H16N2O6S3/c23-18-2-1-3-19(24)17(18)8-10-25-20-9-12-27(22(20)28)15-4-6-16(7-5-15)32(29,30)14-21-26-11-13-31-21;1-25(19,20)23-13-6-8-17(15(13)18)11-2-4-12(5-3-11)26(21,22)10-14-16-7-9-24-14/h1-7,11,13,20,25H,8-10,12,14H2;2-5,7,9,13H,6,8,10H2,1H3/t;13-/m.1/s1. The van der Waals surface area contributed by atoms with Crippen LogP contribution in [0.15, 0.2) is 99.7 Å². The van der Waals surface area contributed by atoms with Crippen LogP contribution in [0.3, 0.4) is 0 Å². The van der Waals surface area contributed by atoms with Crippen LogP contribution in [0, 0.1) is 0 Å². The summed E-state index contributed by atoms with van der Waals surface area (Å²) in [4.78, 5) is 36.6. The first-order chi connectivity index (χ1) is 27.5. The molecule has 2 atom stereocenters. The summed E-state index contributed by atoms with van der Waals surface area (Å²) in [5, 5.41) is 9.03. The Hall–Kier alpha value is -3.79. The van der Waals surface area contributed by atoms with Crippen molar-refractivity contribution < 1.29 is 39.0 Å². The molecule has 2 aromatic heterocycles. The molecule has 2 aliphatic heterocycles. The molecule has 2 aliphatic rings. The number of hydrogen-bond donors (Lipinski definition) is 1. The van der Waals surface area contributed by atoms with Crippen LogP contribution in [-0.2, 0) is 61.5 Å². The number of nitrogens with zero attached hydrogens (tertiary/aromatic N) is 4. The van der Waals surface area contributed by atoms with Crippen molar-refractivity contribution in [2.75, 3.05) is 35.7 Å². The highest BCUT2D eigenvalue weighted by molar-refractivity contribution is 7.91.